The first kappa shape index (κ1) is 18.4. The molecule has 0 spiro atoms. The van der Waals surface area contributed by atoms with Crippen LogP contribution in [0.15, 0.2) is 23.1 Å². The molecule has 0 saturated carbocycles. The fourth-order valence-electron chi connectivity index (χ4n) is 2.79. The van der Waals surface area contributed by atoms with E-state index >= 15 is 0 Å². The van der Waals surface area contributed by atoms with Crippen LogP contribution < -0.4 is 11.1 Å². The molecule has 0 bridgehead atoms. The predicted molar refractivity (Wildman–Crippen MR) is 89.4 cm³/mol. The number of carbonyl (C=O) groups excluding carboxylic acids is 1. The molecule has 7 nitrogen and oxygen atoms in total. The lowest BCUT2D eigenvalue weighted by Gasteiger charge is -2.31. The summed E-state index contributed by atoms with van der Waals surface area (Å²) in [4.78, 5) is 12.2. The lowest BCUT2D eigenvalue weighted by molar-refractivity contribution is -0.126. The highest BCUT2D eigenvalue weighted by Gasteiger charge is 2.33. The van der Waals surface area contributed by atoms with Crippen molar-refractivity contribution < 1.29 is 13.2 Å². The zero-order valence-electron chi connectivity index (χ0n) is 13.7. The number of rotatable bonds is 5. The Morgan fingerprint density at radius 3 is 2.88 bits per heavy atom. The van der Waals surface area contributed by atoms with E-state index in [1.807, 2.05) is 6.07 Å². The van der Waals surface area contributed by atoms with Crippen molar-refractivity contribution in [2.24, 2.45) is 11.7 Å². The summed E-state index contributed by atoms with van der Waals surface area (Å²) < 4.78 is 27.0. The molecule has 1 amide bonds. The Bertz CT molecular complexity index is 755. The Morgan fingerprint density at radius 2 is 2.25 bits per heavy atom. The number of sulfonamides is 1. The van der Waals surface area contributed by atoms with Gasteiger partial charge < -0.3 is 11.1 Å². The Morgan fingerprint density at radius 1 is 1.50 bits per heavy atom. The smallest absolute Gasteiger partial charge is 0.243 e. The summed E-state index contributed by atoms with van der Waals surface area (Å²) in [6.07, 6.45) is 1.30. The molecule has 2 rings (SSSR count). The van der Waals surface area contributed by atoms with E-state index in [4.69, 9.17) is 11.0 Å². The number of nitrogens with zero attached hydrogens (tertiary/aromatic N) is 2. The molecule has 3 N–H and O–H groups in total. The Kier molecular flexibility index (Phi) is 5.94. The van der Waals surface area contributed by atoms with Crippen molar-refractivity contribution in [2.75, 3.05) is 26.2 Å². The van der Waals surface area contributed by atoms with Gasteiger partial charge in [0.1, 0.15) is 0 Å². The lowest BCUT2D eigenvalue weighted by Crippen LogP contribution is -2.46. The van der Waals surface area contributed by atoms with Crippen molar-refractivity contribution in [2.45, 2.75) is 24.7 Å². The fraction of sp³-hybridized carbons (Fsp3) is 0.500. The maximum Gasteiger partial charge on any atom is 0.243 e. The van der Waals surface area contributed by atoms with Crippen molar-refractivity contribution in [1.29, 1.82) is 5.26 Å². The normalized spacial score (nSPS) is 18.8. The largest absolute Gasteiger partial charge is 0.355 e. The van der Waals surface area contributed by atoms with E-state index < -0.39 is 10.0 Å². The minimum Gasteiger partial charge on any atom is -0.355 e. The lowest BCUT2D eigenvalue weighted by atomic mass is 9.99. The van der Waals surface area contributed by atoms with Crippen LogP contribution in [0.25, 0.3) is 0 Å². The van der Waals surface area contributed by atoms with Gasteiger partial charge in [0.05, 0.1) is 22.4 Å². The average molecular weight is 350 g/mol. The van der Waals surface area contributed by atoms with Gasteiger partial charge in [-0.3, -0.25) is 4.79 Å². The zero-order chi connectivity index (χ0) is 17.7. The summed E-state index contributed by atoms with van der Waals surface area (Å²) in [6, 6.07) is 6.48. The molecule has 1 aliphatic heterocycles. The number of carbonyl (C=O) groups is 1. The molecule has 130 valence electrons. The van der Waals surface area contributed by atoms with Crippen LogP contribution in [-0.4, -0.2) is 44.8 Å². The minimum atomic E-state index is -3.68. The Hall–Kier alpha value is -1.95. The number of benzene rings is 1. The molecule has 0 aliphatic carbocycles. The van der Waals surface area contributed by atoms with Crippen molar-refractivity contribution in [3.63, 3.8) is 0 Å². The summed E-state index contributed by atoms with van der Waals surface area (Å²) in [5.41, 5.74) is 6.44. The van der Waals surface area contributed by atoms with Gasteiger partial charge in [0.25, 0.3) is 0 Å². The molecule has 0 radical (unpaired) electrons. The minimum absolute atomic E-state index is 0.155. The highest BCUT2D eigenvalue weighted by atomic mass is 32.2. The standard InChI is InChI=1S/C16H22N4O3S/c1-12-9-15(5-4-13(12)10-18)24(22,23)20-8-2-3-14(11-20)16(21)19-7-6-17/h4-5,9,14H,2-3,6-8,11,17H2,1H3,(H,19,21). The second kappa shape index (κ2) is 7.75. The van der Waals surface area contributed by atoms with E-state index in [9.17, 15) is 13.2 Å². The zero-order valence-corrected chi connectivity index (χ0v) is 14.5. The highest BCUT2D eigenvalue weighted by Crippen LogP contribution is 2.25. The van der Waals surface area contributed by atoms with Gasteiger partial charge in [-0.1, -0.05) is 0 Å². The summed E-state index contributed by atoms with van der Waals surface area (Å²) in [5.74, 6) is -0.518. The summed E-state index contributed by atoms with van der Waals surface area (Å²) in [7, 11) is -3.68. The number of nitrogens with one attached hydrogen (secondary N) is 1. The molecule has 1 aromatic carbocycles. The number of aryl methyl sites for hydroxylation is 1. The van der Waals surface area contributed by atoms with Crippen molar-refractivity contribution in [3.8, 4) is 6.07 Å². The third-order valence-electron chi connectivity index (χ3n) is 4.15. The average Bonchev–Trinajstić information content (AvgIpc) is 2.59. The Balaban J connectivity index is 2.18. The van der Waals surface area contributed by atoms with Crippen molar-refractivity contribution >= 4 is 15.9 Å². The monoisotopic (exact) mass is 350 g/mol. The van der Waals surface area contributed by atoms with Gasteiger partial charge in [0.2, 0.25) is 15.9 Å². The fourth-order valence-corrected chi connectivity index (χ4v) is 4.40. The van der Waals surface area contributed by atoms with E-state index in [0.717, 1.165) is 0 Å². The van der Waals surface area contributed by atoms with E-state index in [2.05, 4.69) is 5.32 Å². The third-order valence-corrected chi connectivity index (χ3v) is 6.02. The van der Waals surface area contributed by atoms with E-state index in [1.165, 1.54) is 22.5 Å². The van der Waals surface area contributed by atoms with Crippen LogP contribution in [-0.2, 0) is 14.8 Å². The number of hydrogen-bond donors (Lipinski definition) is 2. The molecule has 8 heteroatoms. The summed E-state index contributed by atoms with van der Waals surface area (Å²) in [5, 5.41) is 11.7. The summed E-state index contributed by atoms with van der Waals surface area (Å²) >= 11 is 0. The van der Waals surface area contributed by atoms with Crippen LogP contribution in [0.3, 0.4) is 0 Å². The van der Waals surface area contributed by atoms with Gasteiger partial charge in [-0.05, 0) is 43.5 Å². The first-order valence-electron chi connectivity index (χ1n) is 7.89. The van der Waals surface area contributed by atoms with Crippen LogP contribution in [0, 0.1) is 24.2 Å². The topological polar surface area (TPSA) is 116 Å². The van der Waals surface area contributed by atoms with Crippen LogP contribution in [0.5, 0.6) is 0 Å². The van der Waals surface area contributed by atoms with Crippen LogP contribution >= 0.6 is 0 Å². The maximum absolute atomic E-state index is 12.8. The number of nitriles is 1. The van der Waals surface area contributed by atoms with Crippen molar-refractivity contribution in [3.05, 3.63) is 29.3 Å². The molecule has 1 atom stereocenters. The van der Waals surface area contributed by atoms with Gasteiger partial charge in [0.15, 0.2) is 0 Å². The third kappa shape index (κ3) is 3.93. The van der Waals surface area contributed by atoms with Gasteiger partial charge in [0, 0.05) is 26.2 Å². The molecule has 1 aromatic rings. The second-order valence-corrected chi connectivity index (χ2v) is 7.81. The number of hydrogen-bond acceptors (Lipinski definition) is 5. The number of nitrogens with two attached hydrogens (primary N) is 1. The van der Waals surface area contributed by atoms with Crippen LogP contribution in [0.4, 0.5) is 0 Å². The first-order chi connectivity index (χ1) is 11.4. The van der Waals surface area contributed by atoms with E-state index in [0.29, 0.717) is 43.6 Å². The quantitative estimate of drug-likeness (QED) is 0.794. The van der Waals surface area contributed by atoms with Crippen LogP contribution in [0.2, 0.25) is 0 Å². The van der Waals surface area contributed by atoms with Crippen LogP contribution in [0.1, 0.15) is 24.0 Å². The maximum atomic E-state index is 12.8. The van der Waals surface area contributed by atoms with Crippen molar-refractivity contribution in [1.82, 2.24) is 9.62 Å². The summed E-state index contributed by atoms with van der Waals surface area (Å²) in [6.45, 7) is 3.00. The molecule has 1 unspecified atom stereocenters. The van der Waals surface area contributed by atoms with Gasteiger partial charge >= 0.3 is 0 Å². The molecular formula is C16H22N4O3S. The number of piperidine rings is 1. The van der Waals surface area contributed by atoms with E-state index in [-0.39, 0.29) is 23.3 Å². The Labute approximate surface area is 142 Å². The van der Waals surface area contributed by atoms with Gasteiger partial charge in [-0.2, -0.15) is 9.57 Å². The number of amides is 1. The molecule has 1 heterocycles. The SMILES string of the molecule is Cc1cc(S(=O)(=O)N2CCCC(C(=O)NCCN)C2)ccc1C#N. The molecule has 1 saturated heterocycles. The van der Waals surface area contributed by atoms with E-state index in [1.54, 1.807) is 6.92 Å². The molecule has 24 heavy (non-hydrogen) atoms. The molecular weight excluding hydrogens is 328 g/mol. The first-order valence-corrected chi connectivity index (χ1v) is 9.33. The molecule has 1 fully saturated rings. The highest BCUT2D eigenvalue weighted by molar-refractivity contribution is 7.89. The predicted octanol–water partition coefficient (Wildman–Crippen LogP) is 0.342. The second-order valence-electron chi connectivity index (χ2n) is 5.87. The van der Waals surface area contributed by atoms with Gasteiger partial charge in [-0.15, -0.1) is 0 Å². The van der Waals surface area contributed by atoms with Gasteiger partial charge in [-0.25, -0.2) is 8.42 Å². The molecule has 1 aliphatic rings. The molecule has 0 aromatic heterocycles.